The quantitative estimate of drug-likeness (QED) is 0.560. The summed E-state index contributed by atoms with van der Waals surface area (Å²) in [7, 11) is -1.20. The lowest BCUT2D eigenvalue weighted by Crippen LogP contribution is -2.51. The number of nitrogens with zero attached hydrogens (tertiary/aromatic N) is 2. The van der Waals surface area contributed by atoms with E-state index in [-0.39, 0.29) is 24.4 Å². The van der Waals surface area contributed by atoms with Gasteiger partial charge in [0.2, 0.25) is 16.8 Å². The highest BCUT2D eigenvalue weighted by molar-refractivity contribution is 7.70. The van der Waals surface area contributed by atoms with Crippen molar-refractivity contribution in [2.45, 2.75) is 31.3 Å². The summed E-state index contributed by atoms with van der Waals surface area (Å²) in [6.45, 7) is 1.09. The van der Waals surface area contributed by atoms with Gasteiger partial charge in [0.1, 0.15) is 6.04 Å². The SMILES string of the molecule is C#CCN1C[C@H](COC)[C@@H]2CCCC(C1=O)N2[SH](=O)=O. The third kappa shape index (κ3) is 2.82. The molecule has 0 N–H and O–H groups in total. The normalized spacial score (nSPS) is 31.1. The molecule has 0 aromatic rings. The fourth-order valence-electron chi connectivity index (χ4n) is 3.28. The molecule has 6 nitrogen and oxygen atoms in total. The van der Waals surface area contributed by atoms with Crippen LogP contribution in [0.15, 0.2) is 0 Å². The Labute approximate surface area is 121 Å². The zero-order valence-corrected chi connectivity index (χ0v) is 12.4. The smallest absolute Gasteiger partial charge is 0.241 e. The van der Waals surface area contributed by atoms with Crippen molar-refractivity contribution >= 4 is 16.8 Å². The molecule has 3 atom stereocenters. The van der Waals surface area contributed by atoms with Crippen LogP contribution >= 0.6 is 0 Å². The van der Waals surface area contributed by atoms with Gasteiger partial charge in [0.25, 0.3) is 0 Å². The third-order valence-corrected chi connectivity index (χ3v) is 5.04. The lowest BCUT2D eigenvalue weighted by Gasteiger charge is -2.37. The summed E-state index contributed by atoms with van der Waals surface area (Å²) in [6.07, 6.45) is 7.51. The number of carbonyl (C=O) groups excluding carboxylic acids is 1. The topological polar surface area (TPSA) is 66.9 Å². The number of fused-ring (bicyclic) bond motifs is 2. The summed E-state index contributed by atoms with van der Waals surface area (Å²) in [5.74, 6) is 2.27. The number of carbonyl (C=O) groups is 1. The molecular weight excluding hydrogens is 280 g/mol. The van der Waals surface area contributed by atoms with Crippen molar-refractivity contribution in [3.63, 3.8) is 0 Å². The molecule has 2 bridgehead atoms. The molecule has 0 aliphatic carbocycles. The molecule has 0 saturated carbocycles. The van der Waals surface area contributed by atoms with Crippen LogP contribution in [-0.4, -0.2) is 62.4 Å². The first-order valence-electron chi connectivity index (χ1n) is 6.74. The Morgan fingerprint density at radius 3 is 2.80 bits per heavy atom. The van der Waals surface area contributed by atoms with Gasteiger partial charge in [0.15, 0.2) is 0 Å². The van der Waals surface area contributed by atoms with Gasteiger partial charge < -0.3 is 9.64 Å². The van der Waals surface area contributed by atoms with Gasteiger partial charge in [0, 0.05) is 25.6 Å². The Kier molecular flexibility index (Phi) is 5.02. The zero-order chi connectivity index (χ0) is 14.7. The second-order valence-electron chi connectivity index (χ2n) is 5.27. The summed E-state index contributed by atoms with van der Waals surface area (Å²) in [4.78, 5) is 14.1. The van der Waals surface area contributed by atoms with Gasteiger partial charge in [-0.2, -0.15) is 4.31 Å². The largest absolute Gasteiger partial charge is 0.384 e. The molecule has 2 heterocycles. The molecule has 0 aromatic heterocycles. The maximum Gasteiger partial charge on any atom is 0.241 e. The Bertz CT molecular complexity index is 477. The monoisotopic (exact) mass is 300 g/mol. The molecule has 1 unspecified atom stereocenters. The van der Waals surface area contributed by atoms with Crippen molar-refractivity contribution in [1.82, 2.24) is 9.21 Å². The first-order chi connectivity index (χ1) is 9.60. The number of rotatable bonds is 4. The van der Waals surface area contributed by atoms with E-state index < -0.39 is 16.9 Å². The fourth-order valence-corrected chi connectivity index (χ4v) is 4.26. The van der Waals surface area contributed by atoms with Crippen LogP contribution in [0.2, 0.25) is 0 Å². The molecule has 2 rings (SSSR count). The van der Waals surface area contributed by atoms with Crippen LogP contribution in [0.5, 0.6) is 0 Å². The van der Waals surface area contributed by atoms with Gasteiger partial charge in [-0.1, -0.05) is 5.92 Å². The minimum absolute atomic E-state index is 0.0319. The van der Waals surface area contributed by atoms with Gasteiger partial charge in [0.05, 0.1) is 13.2 Å². The van der Waals surface area contributed by atoms with Crippen LogP contribution < -0.4 is 0 Å². The average Bonchev–Trinajstić information content (AvgIpc) is 2.49. The predicted octanol–water partition coefficient (Wildman–Crippen LogP) is -0.526. The zero-order valence-electron chi connectivity index (χ0n) is 11.5. The number of thiol groups is 1. The van der Waals surface area contributed by atoms with E-state index in [2.05, 4.69) is 5.92 Å². The van der Waals surface area contributed by atoms with Gasteiger partial charge in [-0.3, -0.25) is 4.79 Å². The van der Waals surface area contributed by atoms with Crippen molar-refractivity contribution in [3.8, 4) is 12.3 Å². The fraction of sp³-hybridized carbons (Fsp3) is 0.769. The number of ether oxygens (including phenoxy) is 1. The van der Waals surface area contributed by atoms with Crippen molar-refractivity contribution in [2.24, 2.45) is 5.92 Å². The second kappa shape index (κ2) is 6.57. The van der Waals surface area contributed by atoms with Crippen LogP contribution in [-0.2, 0) is 20.4 Å². The molecular formula is C13H20N2O4S. The average molecular weight is 300 g/mol. The summed E-state index contributed by atoms with van der Waals surface area (Å²) < 4.78 is 29.8. The van der Waals surface area contributed by atoms with E-state index in [0.717, 1.165) is 12.8 Å². The van der Waals surface area contributed by atoms with Gasteiger partial charge >= 0.3 is 0 Å². The molecule has 2 saturated heterocycles. The molecule has 0 aromatic carbocycles. The molecule has 2 fully saturated rings. The maximum atomic E-state index is 12.5. The minimum atomic E-state index is -2.78. The predicted molar refractivity (Wildman–Crippen MR) is 74.4 cm³/mol. The molecule has 112 valence electrons. The first kappa shape index (κ1) is 15.3. The standard InChI is InChI=1S/C13H20N2O4S/c1-3-7-14-8-10(9-19-2)11-5-4-6-12(13(14)16)15(11)20(17)18/h1,10-12,20H,4-9H2,2H3/t10-,11+,12?/m1/s1. The Morgan fingerprint density at radius 2 is 2.20 bits per heavy atom. The van der Waals surface area contributed by atoms with E-state index in [9.17, 15) is 13.2 Å². The maximum absolute atomic E-state index is 12.5. The Morgan fingerprint density at radius 1 is 1.45 bits per heavy atom. The number of hydrogen-bond donors (Lipinski definition) is 1. The van der Waals surface area contributed by atoms with E-state index in [0.29, 0.717) is 19.6 Å². The van der Waals surface area contributed by atoms with E-state index in [4.69, 9.17) is 11.2 Å². The number of piperidine rings is 1. The summed E-state index contributed by atoms with van der Waals surface area (Å²) in [5.41, 5.74) is 0. The molecule has 2 aliphatic rings. The minimum Gasteiger partial charge on any atom is -0.384 e. The van der Waals surface area contributed by atoms with E-state index >= 15 is 0 Å². The second-order valence-corrected chi connectivity index (χ2v) is 6.21. The van der Waals surface area contributed by atoms with Crippen molar-refractivity contribution in [2.75, 3.05) is 26.8 Å². The van der Waals surface area contributed by atoms with E-state index in [1.165, 1.54) is 4.31 Å². The van der Waals surface area contributed by atoms with Crippen LogP contribution in [0.25, 0.3) is 0 Å². The van der Waals surface area contributed by atoms with E-state index in [1.807, 2.05) is 0 Å². The molecule has 1 amide bonds. The first-order valence-corrected chi connectivity index (χ1v) is 7.87. The lowest BCUT2D eigenvalue weighted by atomic mass is 9.91. The van der Waals surface area contributed by atoms with Crippen molar-refractivity contribution in [3.05, 3.63) is 0 Å². The molecule has 2 aliphatic heterocycles. The van der Waals surface area contributed by atoms with Crippen molar-refractivity contribution < 1.29 is 17.9 Å². The number of methoxy groups -OCH3 is 1. The highest BCUT2D eigenvalue weighted by Crippen LogP contribution is 2.32. The van der Waals surface area contributed by atoms with Crippen LogP contribution in [0.1, 0.15) is 19.3 Å². The summed E-state index contributed by atoms with van der Waals surface area (Å²) in [5, 5.41) is 0. The number of hydrogen-bond acceptors (Lipinski definition) is 4. The highest BCUT2D eigenvalue weighted by atomic mass is 32.2. The van der Waals surface area contributed by atoms with Gasteiger partial charge in [-0.25, -0.2) is 8.42 Å². The van der Waals surface area contributed by atoms with Gasteiger partial charge in [-0.05, 0) is 19.3 Å². The Hall–Kier alpha value is -1.10. The summed E-state index contributed by atoms with van der Waals surface area (Å²) in [6, 6.07) is -0.758. The van der Waals surface area contributed by atoms with Crippen LogP contribution in [0.4, 0.5) is 0 Å². The van der Waals surface area contributed by atoms with E-state index in [1.54, 1.807) is 12.0 Å². The third-order valence-electron chi connectivity index (χ3n) is 4.08. The molecule has 0 radical (unpaired) electrons. The Balaban J connectivity index is 2.37. The van der Waals surface area contributed by atoms with Gasteiger partial charge in [-0.15, -0.1) is 6.42 Å². The lowest BCUT2D eigenvalue weighted by molar-refractivity contribution is -0.134. The van der Waals surface area contributed by atoms with Crippen LogP contribution in [0, 0.1) is 18.3 Å². The highest BCUT2D eigenvalue weighted by Gasteiger charge is 2.45. The number of terminal acetylenes is 1. The number of amides is 1. The molecule has 0 spiro atoms. The van der Waals surface area contributed by atoms with Crippen LogP contribution in [0.3, 0.4) is 0 Å². The van der Waals surface area contributed by atoms with Crippen molar-refractivity contribution in [1.29, 1.82) is 0 Å². The molecule has 20 heavy (non-hydrogen) atoms. The summed E-state index contributed by atoms with van der Waals surface area (Å²) >= 11 is 0. The molecule has 7 heteroatoms.